The summed E-state index contributed by atoms with van der Waals surface area (Å²) in [5.74, 6) is 2.11. The molecule has 0 radical (unpaired) electrons. The molecule has 0 saturated heterocycles. The normalized spacial score (nSPS) is 20.3. The van der Waals surface area contributed by atoms with Crippen LogP contribution < -0.4 is 9.47 Å². The van der Waals surface area contributed by atoms with E-state index in [9.17, 15) is 5.11 Å². The molecule has 2 heterocycles. The highest BCUT2D eigenvalue weighted by atomic mass is 16.5. The van der Waals surface area contributed by atoms with Gasteiger partial charge in [0.1, 0.15) is 23.8 Å². The molecule has 0 saturated carbocycles. The number of benzene rings is 1. The number of hydrogen-bond acceptors (Lipinski definition) is 4. The van der Waals surface area contributed by atoms with Gasteiger partial charge in [-0.25, -0.2) is 0 Å². The highest BCUT2D eigenvalue weighted by Gasteiger charge is 2.36. The molecule has 0 spiro atoms. The molecular weight excluding hydrogens is 446 g/mol. The first kappa shape index (κ1) is 28.5. The molecule has 0 aliphatic carbocycles. The molecule has 4 nitrogen and oxygen atoms in total. The Labute approximate surface area is 220 Å². The first-order valence-corrected chi connectivity index (χ1v) is 13.9. The van der Waals surface area contributed by atoms with Crippen molar-refractivity contribution in [1.29, 1.82) is 0 Å². The van der Waals surface area contributed by atoms with E-state index in [2.05, 4.69) is 71.6 Å². The van der Waals surface area contributed by atoms with Gasteiger partial charge in [0.2, 0.25) is 0 Å². The van der Waals surface area contributed by atoms with Gasteiger partial charge < -0.3 is 14.6 Å². The van der Waals surface area contributed by atoms with E-state index in [1.165, 1.54) is 45.4 Å². The maximum Gasteiger partial charge on any atom is 0.142 e. The largest absolute Gasteiger partial charge is 0.487 e. The van der Waals surface area contributed by atoms with Crippen LogP contribution >= 0.6 is 0 Å². The van der Waals surface area contributed by atoms with Gasteiger partial charge in [0, 0.05) is 24.2 Å². The molecule has 1 aromatic rings. The number of allylic oxidation sites excluding steroid dienone is 6. The van der Waals surface area contributed by atoms with Crippen molar-refractivity contribution in [2.45, 2.75) is 112 Å². The predicted molar refractivity (Wildman–Crippen MR) is 151 cm³/mol. The molecule has 0 unspecified atom stereocenters. The smallest absolute Gasteiger partial charge is 0.142 e. The third-order valence-corrected chi connectivity index (χ3v) is 7.89. The van der Waals surface area contributed by atoms with Crippen molar-refractivity contribution < 1.29 is 14.6 Å². The average molecular weight is 496 g/mol. The summed E-state index contributed by atoms with van der Waals surface area (Å²) in [6, 6.07) is 0. The van der Waals surface area contributed by atoms with Gasteiger partial charge in [0.25, 0.3) is 0 Å². The van der Waals surface area contributed by atoms with Crippen LogP contribution in [0.2, 0.25) is 0 Å². The molecule has 200 valence electrons. The van der Waals surface area contributed by atoms with Crippen LogP contribution in [0.4, 0.5) is 0 Å². The van der Waals surface area contributed by atoms with Gasteiger partial charge in [0.15, 0.2) is 0 Å². The van der Waals surface area contributed by atoms with Crippen molar-refractivity contribution in [2.24, 2.45) is 0 Å². The van der Waals surface area contributed by atoms with Crippen molar-refractivity contribution in [1.82, 2.24) is 4.90 Å². The Balaban J connectivity index is 1.58. The maximum absolute atomic E-state index is 9.38. The maximum atomic E-state index is 9.38. The summed E-state index contributed by atoms with van der Waals surface area (Å²) in [7, 11) is 0. The van der Waals surface area contributed by atoms with E-state index in [1.54, 1.807) is 0 Å². The lowest BCUT2D eigenvalue weighted by Crippen LogP contribution is -2.39. The van der Waals surface area contributed by atoms with Crippen LogP contribution in [0.1, 0.15) is 102 Å². The fourth-order valence-electron chi connectivity index (χ4n) is 5.37. The monoisotopic (exact) mass is 495 g/mol. The van der Waals surface area contributed by atoms with Gasteiger partial charge in [-0.1, -0.05) is 34.9 Å². The third-order valence-electron chi connectivity index (χ3n) is 7.89. The standard InChI is InChI=1S/C32H49NO3/c1-23(2)11-8-12-24(3)13-9-14-25(4)15-10-17-32(7)18-16-28-29-21-33(19-20-34)22-35-30(29)26(5)27(6)31(28)36-32/h11,13,15,34H,8-10,12,14,16-22H2,1-7H3/t32-/m1/s1. The molecule has 0 amide bonds. The number of rotatable bonds is 11. The van der Waals surface area contributed by atoms with Crippen molar-refractivity contribution in [3.8, 4) is 11.5 Å². The Kier molecular flexibility index (Phi) is 10.3. The summed E-state index contributed by atoms with van der Waals surface area (Å²) in [4.78, 5) is 2.17. The van der Waals surface area contributed by atoms with Crippen LogP contribution in [0.5, 0.6) is 11.5 Å². The van der Waals surface area contributed by atoms with E-state index < -0.39 is 0 Å². The van der Waals surface area contributed by atoms with E-state index in [1.807, 2.05) is 0 Å². The van der Waals surface area contributed by atoms with Gasteiger partial charge >= 0.3 is 0 Å². The molecular formula is C32H49NO3. The van der Waals surface area contributed by atoms with Gasteiger partial charge in [-0.3, -0.25) is 4.90 Å². The summed E-state index contributed by atoms with van der Waals surface area (Å²) in [6.07, 6.45) is 15.9. The molecule has 2 aliphatic heterocycles. The summed E-state index contributed by atoms with van der Waals surface area (Å²) in [5, 5.41) is 9.38. The highest BCUT2D eigenvalue weighted by molar-refractivity contribution is 5.60. The quantitative estimate of drug-likeness (QED) is 0.319. The Bertz CT molecular complexity index is 999. The number of β-amino-alcohol motifs (C(OH)–C–C–N with tert-alkyl or cyclic N) is 1. The lowest BCUT2D eigenvalue weighted by atomic mass is 9.84. The first-order chi connectivity index (χ1) is 17.1. The summed E-state index contributed by atoms with van der Waals surface area (Å²) >= 11 is 0. The highest BCUT2D eigenvalue weighted by Crippen LogP contribution is 2.46. The third kappa shape index (κ3) is 7.49. The Hall–Kier alpha value is -2.04. The van der Waals surface area contributed by atoms with Crippen LogP contribution in [0.3, 0.4) is 0 Å². The van der Waals surface area contributed by atoms with Crippen LogP contribution in [0, 0.1) is 13.8 Å². The molecule has 0 fully saturated rings. The number of aliphatic hydroxyl groups is 1. The summed E-state index contributed by atoms with van der Waals surface area (Å²) in [5.41, 5.74) is 9.22. The molecule has 1 N–H and O–H groups in total. The fourth-order valence-corrected chi connectivity index (χ4v) is 5.37. The summed E-state index contributed by atoms with van der Waals surface area (Å²) < 4.78 is 12.9. The first-order valence-electron chi connectivity index (χ1n) is 13.9. The van der Waals surface area contributed by atoms with Gasteiger partial charge in [-0.2, -0.15) is 0 Å². The molecule has 0 aromatic heterocycles. The SMILES string of the molecule is CC(C)=CCCC(C)=CCCC(C)=CCC[C@]1(C)CCc2c3c(c(C)c(C)c2O1)OCN(CCO)C3. The zero-order valence-electron chi connectivity index (χ0n) is 23.9. The lowest BCUT2D eigenvalue weighted by molar-refractivity contribution is 0.0506. The molecule has 4 heteroatoms. The minimum atomic E-state index is -0.142. The molecule has 3 rings (SSSR count). The molecule has 0 bridgehead atoms. The van der Waals surface area contributed by atoms with Crippen LogP contribution in [0.25, 0.3) is 0 Å². The second kappa shape index (κ2) is 13.0. The van der Waals surface area contributed by atoms with Crippen LogP contribution in [-0.2, 0) is 13.0 Å². The number of nitrogens with zero attached hydrogens (tertiary/aromatic N) is 1. The van der Waals surface area contributed by atoms with E-state index in [-0.39, 0.29) is 12.2 Å². The van der Waals surface area contributed by atoms with Gasteiger partial charge in [-0.05, 0) is 111 Å². The fraction of sp³-hybridized carbons (Fsp3) is 0.625. The minimum absolute atomic E-state index is 0.142. The Morgan fingerprint density at radius 1 is 0.917 bits per heavy atom. The van der Waals surface area contributed by atoms with E-state index in [4.69, 9.17) is 9.47 Å². The van der Waals surface area contributed by atoms with Gasteiger partial charge in [0.05, 0.1) is 6.61 Å². The second-order valence-corrected chi connectivity index (χ2v) is 11.5. The average Bonchev–Trinajstić information content (AvgIpc) is 2.82. The number of ether oxygens (including phenoxy) is 2. The Morgan fingerprint density at radius 3 is 2.22 bits per heavy atom. The van der Waals surface area contributed by atoms with Crippen molar-refractivity contribution in [3.63, 3.8) is 0 Å². The van der Waals surface area contributed by atoms with Crippen molar-refractivity contribution >= 4 is 0 Å². The zero-order chi connectivity index (χ0) is 26.3. The minimum Gasteiger partial charge on any atom is -0.487 e. The molecule has 1 aromatic carbocycles. The van der Waals surface area contributed by atoms with E-state index in [0.717, 1.165) is 63.0 Å². The summed E-state index contributed by atoms with van der Waals surface area (Å²) in [6.45, 7) is 17.6. The van der Waals surface area contributed by atoms with E-state index in [0.29, 0.717) is 13.3 Å². The lowest BCUT2D eigenvalue weighted by Gasteiger charge is -2.40. The van der Waals surface area contributed by atoms with Crippen LogP contribution in [0.15, 0.2) is 34.9 Å². The Morgan fingerprint density at radius 2 is 1.56 bits per heavy atom. The van der Waals surface area contributed by atoms with Gasteiger partial charge in [-0.15, -0.1) is 0 Å². The predicted octanol–water partition coefficient (Wildman–Crippen LogP) is 7.73. The van der Waals surface area contributed by atoms with Crippen molar-refractivity contribution in [2.75, 3.05) is 19.9 Å². The number of hydrogen-bond donors (Lipinski definition) is 1. The topological polar surface area (TPSA) is 41.9 Å². The molecule has 1 atom stereocenters. The molecule has 2 aliphatic rings. The van der Waals surface area contributed by atoms with E-state index >= 15 is 0 Å². The van der Waals surface area contributed by atoms with Crippen LogP contribution in [-0.4, -0.2) is 35.5 Å². The zero-order valence-corrected chi connectivity index (χ0v) is 23.9. The molecule has 36 heavy (non-hydrogen) atoms. The van der Waals surface area contributed by atoms with Crippen molar-refractivity contribution in [3.05, 3.63) is 57.2 Å². The number of aliphatic hydroxyl groups excluding tert-OH is 1. The number of fused-ring (bicyclic) bond motifs is 3. The second-order valence-electron chi connectivity index (χ2n) is 11.5.